The van der Waals surface area contributed by atoms with Crippen LogP contribution in [0.25, 0.3) is 0 Å². The number of amides is 1. The molecule has 1 saturated carbocycles. The summed E-state index contributed by atoms with van der Waals surface area (Å²) in [6, 6.07) is 29.1. The summed E-state index contributed by atoms with van der Waals surface area (Å²) in [6.07, 6.45) is 6.89. The van der Waals surface area contributed by atoms with Gasteiger partial charge in [-0.3, -0.25) is 4.79 Å². The molecule has 0 radical (unpaired) electrons. The van der Waals surface area contributed by atoms with Crippen molar-refractivity contribution in [1.82, 2.24) is 4.90 Å². The van der Waals surface area contributed by atoms with Crippen LogP contribution in [-0.4, -0.2) is 35.5 Å². The molecule has 1 fully saturated rings. The van der Waals surface area contributed by atoms with Crippen LogP contribution in [0.5, 0.6) is 0 Å². The molecule has 3 aromatic carbocycles. The Morgan fingerprint density at radius 1 is 0.765 bits per heavy atom. The van der Waals surface area contributed by atoms with Crippen molar-refractivity contribution >= 4 is 11.9 Å². The number of benzene rings is 3. The lowest BCUT2D eigenvalue weighted by Gasteiger charge is -2.40. The highest BCUT2D eigenvalue weighted by Gasteiger charge is 2.32. The Morgan fingerprint density at radius 3 is 1.94 bits per heavy atom. The van der Waals surface area contributed by atoms with Crippen molar-refractivity contribution in [3.8, 4) is 0 Å². The van der Waals surface area contributed by atoms with Crippen molar-refractivity contribution < 1.29 is 14.3 Å². The molecule has 1 aliphatic carbocycles. The molecule has 176 valence electrons. The van der Waals surface area contributed by atoms with Crippen LogP contribution >= 0.6 is 0 Å². The quantitative estimate of drug-likeness (QED) is 0.355. The minimum absolute atomic E-state index is 0.0539. The Morgan fingerprint density at radius 2 is 1.32 bits per heavy atom. The molecule has 0 N–H and O–H groups in total. The highest BCUT2D eigenvalue weighted by Crippen LogP contribution is 2.28. The maximum Gasteiger partial charge on any atom is 0.338 e. The molecule has 0 unspecified atom stereocenters. The van der Waals surface area contributed by atoms with Gasteiger partial charge in [0.25, 0.3) is 5.91 Å². The predicted octanol–water partition coefficient (Wildman–Crippen LogP) is 6.32. The Bertz CT molecular complexity index is 1030. The van der Waals surface area contributed by atoms with Crippen LogP contribution in [0.15, 0.2) is 91.0 Å². The summed E-state index contributed by atoms with van der Waals surface area (Å²) in [4.78, 5) is 28.4. The topological polar surface area (TPSA) is 46.6 Å². The van der Waals surface area contributed by atoms with E-state index in [1.807, 2.05) is 66.7 Å². The van der Waals surface area contributed by atoms with Gasteiger partial charge in [-0.15, -0.1) is 0 Å². The first-order valence-electron chi connectivity index (χ1n) is 12.4. The third-order valence-corrected chi connectivity index (χ3v) is 6.62. The summed E-state index contributed by atoms with van der Waals surface area (Å²) in [5, 5.41) is 0. The van der Waals surface area contributed by atoms with Crippen LogP contribution < -0.4 is 0 Å². The van der Waals surface area contributed by atoms with E-state index in [0.29, 0.717) is 17.5 Å². The Balaban J connectivity index is 1.56. The highest BCUT2D eigenvalue weighted by atomic mass is 16.5. The van der Waals surface area contributed by atoms with Gasteiger partial charge in [-0.05, 0) is 49.1 Å². The van der Waals surface area contributed by atoms with Crippen molar-refractivity contribution in [2.24, 2.45) is 0 Å². The average molecular weight is 456 g/mol. The zero-order chi connectivity index (χ0) is 23.6. The predicted molar refractivity (Wildman–Crippen MR) is 135 cm³/mol. The molecule has 1 aliphatic rings. The molecule has 0 heterocycles. The van der Waals surface area contributed by atoms with E-state index in [1.165, 1.54) is 12.0 Å². The summed E-state index contributed by atoms with van der Waals surface area (Å²) in [7, 11) is 0. The van der Waals surface area contributed by atoms with Crippen LogP contribution in [0.2, 0.25) is 0 Å². The van der Waals surface area contributed by atoms with Gasteiger partial charge in [0, 0.05) is 24.1 Å². The van der Waals surface area contributed by atoms with Crippen LogP contribution in [0, 0.1) is 0 Å². The van der Waals surface area contributed by atoms with Crippen LogP contribution in [0.1, 0.15) is 64.8 Å². The largest absolute Gasteiger partial charge is 0.462 e. The van der Waals surface area contributed by atoms with Gasteiger partial charge in [-0.25, -0.2) is 4.79 Å². The highest BCUT2D eigenvalue weighted by molar-refractivity contribution is 5.94. The molecule has 1 atom stereocenters. The molecule has 4 nitrogen and oxygen atoms in total. The smallest absolute Gasteiger partial charge is 0.338 e. The second kappa shape index (κ2) is 12.2. The number of rotatable bonds is 9. The lowest BCUT2D eigenvalue weighted by atomic mass is 9.90. The zero-order valence-electron chi connectivity index (χ0n) is 19.6. The summed E-state index contributed by atoms with van der Waals surface area (Å²) >= 11 is 0. The van der Waals surface area contributed by atoms with E-state index in [0.717, 1.165) is 32.1 Å². The SMILES string of the molecule is O=C(OCC[C@@H](Cc1ccccc1)N(C(=O)c1ccccc1)C1CCCCC1)c1ccccc1. The number of esters is 1. The first-order valence-corrected chi connectivity index (χ1v) is 12.4. The summed E-state index contributed by atoms with van der Waals surface area (Å²) in [6.45, 7) is 0.274. The minimum atomic E-state index is -0.322. The average Bonchev–Trinajstić information content (AvgIpc) is 2.91. The first kappa shape index (κ1) is 23.7. The van der Waals surface area contributed by atoms with E-state index in [1.54, 1.807) is 12.1 Å². The summed E-state index contributed by atoms with van der Waals surface area (Å²) in [5.74, 6) is -0.250. The van der Waals surface area contributed by atoms with Gasteiger partial charge in [0.15, 0.2) is 0 Å². The Hall–Kier alpha value is -3.40. The summed E-state index contributed by atoms with van der Waals surface area (Å²) < 4.78 is 5.64. The maximum absolute atomic E-state index is 13.8. The number of carbonyl (C=O) groups excluding carboxylic acids is 2. The molecule has 1 amide bonds. The van der Waals surface area contributed by atoms with Gasteiger partial charge in [-0.2, -0.15) is 0 Å². The first-order chi connectivity index (χ1) is 16.7. The molecule has 0 spiro atoms. The van der Waals surface area contributed by atoms with Gasteiger partial charge < -0.3 is 9.64 Å². The van der Waals surface area contributed by atoms with Crippen molar-refractivity contribution in [2.75, 3.05) is 6.61 Å². The zero-order valence-corrected chi connectivity index (χ0v) is 19.6. The number of carbonyl (C=O) groups is 2. The van der Waals surface area contributed by atoms with Crippen molar-refractivity contribution in [3.05, 3.63) is 108 Å². The van der Waals surface area contributed by atoms with E-state index >= 15 is 0 Å². The fraction of sp³-hybridized carbons (Fsp3) is 0.333. The van der Waals surface area contributed by atoms with Crippen LogP contribution in [0.4, 0.5) is 0 Å². The molecule has 3 aromatic rings. The second-order valence-electron chi connectivity index (χ2n) is 9.00. The van der Waals surface area contributed by atoms with Crippen molar-refractivity contribution in [1.29, 1.82) is 0 Å². The van der Waals surface area contributed by atoms with E-state index in [4.69, 9.17) is 4.74 Å². The second-order valence-corrected chi connectivity index (χ2v) is 9.00. The fourth-order valence-corrected chi connectivity index (χ4v) is 4.89. The number of nitrogens with zero attached hydrogens (tertiary/aromatic N) is 1. The maximum atomic E-state index is 13.8. The molecule has 0 saturated heterocycles. The molecule has 4 rings (SSSR count). The monoisotopic (exact) mass is 455 g/mol. The van der Waals surface area contributed by atoms with E-state index in [9.17, 15) is 9.59 Å². The third-order valence-electron chi connectivity index (χ3n) is 6.62. The Kier molecular flexibility index (Phi) is 8.50. The molecule has 0 bridgehead atoms. The number of hydrogen-bond acceptors (Lipinski definition) is 3. The van der Waals surface area contributed by atoms with Crippen molar-refractivity contribution in [3.63, 3.8) is 0 Å². The van der Waals surface area contributed by atoms with Crippen molar-refractivity contribution in [2.45, 2.75) is 57.0 Å². The Labute approximate surface area is 202 Å². The standard InChI is InChI=1S/C30H33NO3/c32-29(25-15-7-2-8-16-25)31(27-19-11-4-12-20-27)28(23-24-13-5-1-6-14-24)21-22-34-30(33)26-17-9-3-10-18-26/h1-3,5-10,13-18,27-28H,4,11-12,19-23H2/t28-/m0/s1. The van der Waals surface area contributed by atoms with Gasteiger partial charge in [0.1, 0.15) is 0 Å². The van der Waals surface area contributed by atoms with E-state index < -0.39 is 0 Å². The van der Waals surface area contributed by atoms with E-state index in [2.05, 4.69) is 17.0 Å². The fourth-order valence-electron chi connectivity index (χ4n) is 4.89. The minimum Gasteiger partial charge on any atom is -0.462 e. The lowest BCUT2D eigenvalue weighted by molar-refractivity contribution is 0.0364. The number of hydrogen-bond donors (Lipinski definition) is 0. The third kappa shape index (κ3) is 6.34. The molecule has 0 aliphatic heterocycles. The van der Waals surface area contributed by atoms with Crippen LogP contribution in [-0.2, 0) is 11.2 Å². The van der Waals surface area contributed by atoms with Gasteiger partial charge >= 0.3 is 5.97 Å². The van der Waals surface area contributed by atoms with Gasteiger partial charge in [0.05, 0.1) is 12.2 Å². The number of ether oxygens (including phenoxy) is 1. The van der Waals surface area contributed by atoms with Gasteiger partial charge in [-0.1, -0.05) is 86.0 Å². The molecular formula is C30H33NO3. The summed E-state index contributed by atoms with van der Waals surface area (Å²) in [5.41, 5.74) is 2.45. The normalized spacial score (nSPS) is 14.8. The van der Waals surface area contributed by atoms with Gasteiger partial charge in [0.2, 0.25) is 0 Å². The molecule has 0 aromatic heterocycles. The van der Waals surface area contributed by atoms with Crippen LogP contribution in [0.3, 0.4) is 0 Å². The molecular weight excluding hydrogens is 422 g/mol. The molecule has 34 heavy (non-hydrogen) atoms. The lowest BCUT2D eigenvalue weighted by Crippen LogP contribution is -2.49. The molecule has 4 heteroatoms. The van der Waals surface area contributed by atoms with E-state index in [-0.39, 0.29) is 30.6 Å².